The van der Waals surface area contributed by atoms with E-state index in [-0.39, 0.29) is 18.1 Å². The molecule has 3 aromatic carbocycles. The van der Waals surface area contributed by atoms with Crippen LogP contribution in [0.25, 0.3) is 22.5 Å². The summed E-state index contributed by atoms with van der Waals surface area (Å²) in [4.78, 5) is 16.7. The van der Waals surface area contributed by atoms with Gasteiger partial charge in [0, 0.05) is 31.8 Å². The number of aromatic nitrogens is 3. The molecule has 0 unspecified atom stereocenters. The molecule has 180 valence electrons. The summed E-state index contributed by atoms with van der Waals surface area (Å²) in [5.41, 5.74) is 4.71. The molecule has 0 bridgehead atoms. The van der Waals surface area contributed by atoms with Crippen LogP contribution in [-0.2, 0) is 24.3 Å². The Labute approximate surface area is 208 Å². The summed E-state index contributed by atoms with van der Waals surface area (Å²) in [6.07, 6.45) is 5.76. The molecule has 1 N–H and O–H groups in total. The van der Waals surface area contributed by atoms with Crippen molar-refractivity contribution in [2.45, 2.75) is 25.9 Å². The normalized spacial score (nSPS) is 10.9. The molecule has 0 aliphatic heterocycles. The van der Waals surface area contributed by atoms with E-state index in [1.54, 1.807) is 24.4 Å². The van der Waals surface area contributed by atoms with E-state index >= 15 is 0 Å². The number of hydrogen-bond donors (Lipinski definition) is 1. The molecule has 0 aliphatic carbocycles. The second-order valence-corrected chi connectivity index (χ2v) is 8.43. The number of hydrogen-bond acceptors (Lipinski definition) is 4. The Bertz CT molecular complexity index is 1440. The summed E-state index contributed by atoms with van der Waals surface area (Å²) < 4.78 is 21.5. The lowest BCUT2D eigenvalue weighted by Crippen LogP contribution is -2.23. The topological polar surface area (TPSA) is 73.0 Å². The lowest BCUT2D eigenvalue weighted by Gasteiger charge is -2.12. The van der Waals surface area contributed by atoms with E-state index in [1.165, 1.54) is 12.3 Å². The molecular weight excluding hydrogens is 455 g/mol. The van der Waals surface area contributed by atoms with E-state index in [0.717, 1.165) is 28.8 Å². The van der Waals surface area contributed by atoms with E-state index in [2.05, 4.69) is 45.7 Å². The highest BCUT2D eigenvalue weighted by Gasteiger charge is 2.12. The number of halogens is 1. The van der Waals surface area contributed by atoms with Gasteiger partial charge in [-0.2, -0.15) is 5.10 Å². The summed E-state index contributed by atoms with van der Waals surface area (Å²) in [7, 11) is 0. The van der Waals surface area contributed by atoms with Gasteiger partial charge >= 0.3 is 0 Å². The van der Waals surface area contributed by atoms with Crippen LogP contribution in [0.15, 0.2) is 102 Å². The quantitative estimate of drug-likeness (QED) is 0.296. The predicted molar refractivity (Wildman–Crippen MR) is 135 cm³/mol. The molecule has 0 aliphatic rings. The van der Waals surface area contributed by atoms with Crippen molar-refractivity contribution in [2.24, 2.45) is 0 Å². The van der Waals surface area contributed by atoms with Gasteiger partial charge in [-0.1, -0.05) is 60.7 Å². The predicted octanol–water partition coefficient (Wildman–Crippen LogP) is 5.64. The van der Waals surface area contributed by atoms with E-state index in [0.29, 0.717) is 30.2 Å². The maximum Gasteiger partial charge on any atom is 0.220 e. The van der Waals surface area contributed by atoms with Crippen LogP contribution in [0.5, 0.6) is 0 Å². The van der Waals surface area contributed by atoms with Gasteiger partial charge in [-0.25, -0.2) is 9.37 Å². The summed E-state index contributed by atoms with van der Waals surface area (Å²) in [5, 5.41) is 7.24. The fourth-order valence-electron chi connectivity index (χ4n) is 4.04. The Morgan fingerprint density at radius 2 is 1.72 bits per heavy atom. The van der Waals surface area contributed by atoms with E-state index < -0.39 is 0 Å². The monoisotopic (exact) mass is 480 g/mol. The minimum atomic E-state index is -0.371. The second-order valence-electron chi connectivity index (χ2n) is 8.43. The number of amides is 1. The summed E-state index contributed by atoms with van der Waals surface area (Å²) in [5.74, 6) is 0.279. The Hall–Kier alpha value is -4.52. The first kappa shape index (κ1) is 23.2. The summed E-state index contributed by atoms with van der Waals surface area (Å²) >= 11 is 0. The Morgan fingerprint density at radius 1 is 0.944 bits per heavy atom. The number of benzene rings is 3. The van der Waals surface area contributed by atoms with Crippen molar-refractivity contribution in [3.63, 3.8) is 0 Å². The third-order valence-electron chi connectivity index (χ3n) is 5.92. The second kappa shape index (κ2) is 10.8. The largest absolute Gasteiger partial charge is 0.441 e. The highest BCUT2D eigenvalue weighted by Crippen LogP contribution is 2.25. The summed E-state index contributed by atoms with van der Waals surface area (Å²) in [6, 6.07) is 24.7. The first-order chi connectivity index (χ1) is 17.7. The number of aryl methyl sites for hydroxylation is 1. The molecule has 2 heterocycles. The van der Waals surface area contributed by atoms with Crippen molar-refractivity contribution < 1.29 is 13.6 Å². The molecule has 0 saturated carbocycles. The van der Waals surface area contributed by atoms with Gasteiger partial charge in [0.15, 0.2) is 11.7 Å². The van der Waals surface area contributed by atoms with Crippen molar-refractivity contribution in [3.8, 4) is 22.5 Å². The molecule has 1 amide bonds. The number of nitrogens with one attached hydrogen (secondary N) is 1. The molecule has 0 radical (unpaired) electrons. The minimum absolute atomic E-state index is 0.106. The lowest BCUT2D eigenvalue weighted by atomic mass is 9.98. The van der Waals surface area contributed by atoms with Gasteiger partial charge in [-0.3, -0.25) is 9.48 Å². The molecule has 6 nitrogen and oxygen atoms in total. The van der Waals surface area contributed by atoms with E-state index in [1.807, 2.05) is 35.1 Å². The van der Waals surface area contributed by atoms with Crippen molar-refractivity contribution in [2.75, 3.05) is 0 Å². The molecule has 0 saturated heterocycles. The average molecular weight is 481 g/mol. The first-order valence-electron chi connectivity index (χ1n) is 11.8. The maximum atomic E-state index is 14.0. The van der Waals surface area contributed by atoms with Gasteiger partial charge in [0.2, 0.25) is 5.91 Å². The van der Waals surface area contributed by atoms with Gasteiger partial charge in [0.1, 0.15) is 5.82 Å². The highest BCUT2D eigenvalue weighted by atomic mass is 19.1. The van der Waals surface area contributed by atoms with Crippen LogP contribution in [0.1, 0.15) is 23.4 Å². The number of carbonyl (C=O) groups is 1. The fourth-order valence-corrected chi connectivity index (χ4v) is 4.04. The van der Waals surface area contributed by atoms with Crippen LogP contribution in [0, 0.1) is 5.82 Å². The third-order valence-corrected chi connectivity index (χ3v) is 5.92. The van der Waals surface area contributed by atoms with Gasteiger partial charge in [-0.05, 0) is 40.5 Å². The molecule has 2 aromatic heterocycles. The molecule has 0 spiro atoms. The van der Waals surface area contributed by atoms with Crippen molar-refractivity contribution in [1.82, 2.24) is 20.1 Å². The van der Waals surface area contributed by atoms with Gasteiger partial charge in [0.25, 0.3) is 0 Å². The Morgan fingerprint density at radius 3 is 2.50 bits per heavy atom. The average Bonchev–Trinajstić information content (AvgIpc) is 3.60. The van der Waals surface area contributed by atoms with Crippen molar-refractivity contribution >= 4 is 5.91 Å². The van der Waals surface area contributed by atoms with E-state index in [9.17, 15) is 9.18 Å². The maximum absolute atomic E-state index is 14.0. The van der Waals surface area contributed by atoms with Gasteiger partial charge in [-0.15, -0.1) is 0 Å². The van der Waals surface area contributed by atoms with Crippen LogP contribution in [0.2, 0.25) is 0 Å². The van der Waals surface area contributed by atoms with Gasteiger partial charge < -0.3 is 9.73 Å². The zero-order valence-corrected chi connectivity index (χ0v) is 19.6. The van der Waals surface area contributed by atoms with Crippen LogP contribution >= 0.6 is 0 Å². The molecule has 7 heteroatoms. The third kappa shape index (κ3) is 5.58. The molecule has 36 heavy (non-hydrogen) atoms. The fraction of sp³-hybridized carbons (Fsp3) is 0.138. The number of rotatable bonds is 9. The molecule has 5 rings (SSSR count). The van der Waals surface area contributed by atoms with Crippen LogP contribution in [-0.4, -0.2) is 20.7 Å². The Balaban J connectivity index is 1.17. The number of oxazole rings is 1. The summed E-state index contributed by atoms with van der Waals surface area (Å²) in [6.45, 7) is 1.13. The molecular formula is C29H25FN4O2. The highest BCUT2D eigenvalue weighted by molar-refractivity contribution is 5.76. The molecule has 5 aromatic rings. The van der Waals surface area contributed by atoms with Crippen molar-refractivity contribution in [1.29, 1.82) is 0 Å². The zero-order chi connectivity index (χ0) is 24.7. The number of nitrogens with zero attached hydrogens (tertiary/aromatic N) is 3. The van der Waals surface area contributed by atoms with Gasteiger partial charge in [0.05, 0.1) is 18.3 Å². The first-order valence-corrected chi connectivity index (χ1v) is 11.8. The molecule has 0 atom stereocenters. The van der Waals surface area contributed by atoms with E-state index in [4.69, 9.17) is 4.42 Å². The number of carbonyl (C=O) groups excluding carboxylic acids is 1. The Kier molecular flexibility index (Phi) is 6.98. The smallest absolute Gasteiger partial charge is 0.220 e. The molecule has 0 fully saturated rings. The van der Waals surface area contributed by atoms with Crippen LogP contribution in [0.3, 0.4) is 0 Å². The standard InChI is InChI=1S/C29H25FN4O2/c30-26-9-4-3-8-25(26)27-19-32-29(36-27)15-14-28(35)31-18-23-6-1-2-7-24(23)22-12-10-21(11-13-22)20-34-17-5-16-33-34/h1-13,16-17,19H,14-15,18,20H2,(H,31,35). The van der Waals surface area contributed by atoms with Crippen LogP contribution < -0.4 is 5.32 Å². The zero-order valence-electron chi connectivity index (χ0n) is 19.6. The minimum Gasteiger partial charge on any atom is -0.441 e. The lowest BCUT2D eigenvalue weighted by molar-refractivity contribution is -0.121. The van der Waals surface area contributed by atoms with Crippen LogP contribution in [0.4, 0.5) is 4.39 Å². The van der Waals surface area contributed by atoms with Crippen molar-refractivity contribution in [3.05, 3.63) is 120 Å². The SMILES string of the molecule is O=C(CCc1ncc(-c2ccccc2F)o1)NCc1ccccc1-c1ccc(Cn2cccn2)cc1.